The van der Waals surface area contributed by atoms with Gasteiger partial charge in [-0.1, -0.05) is 26.0 Å². The average Bonchev–Trinajstić information content (AvgIpc) is 2.15. The average molecular weight is 178 g/mol. The Morgan fingerprint density at radius 1 is 1.23 bits per heavy atom. The molecule has 1 aromatic carbocycles. The summed E-state index contributed by atoms with van der Waals surface area (Å²) in [6, 6.07) is 6.25. The molecule has 0 amide bonds. The highest BCUT2D eigenvalue weighted by atomic mass is 16.5. The maximum absolute atomic E-state index is 5.66. The van der Waals surface area contributed by atoms with E-state index in [4.69, 9.17) is 4.74 Å². The molecule has 13 heavy (non-hydrogen) atoms. The molecule has 0 bridgehead atoms. The molecule has 1 heteroatoms. The molecule has 0 aliphatic rings. The lowest BCUT2D eigenvalue weighted by molar-refractivity contribution is 0.314. The Hall–Kier alpha value is -0.980. The van der Waals surface area contributed by atoms with Crippen molar-refractivity contribution in [2.24, 2.45) is 0 Å². The van der Waals surface area contributed by atoms with Crippen LogP contribution < -0.4 is 4.74 Å². The van der Waals surface area contributed by atoms with Crippen LogP contribution in [-0.4, -0.2) is 6.61 Å². The van der Waals surface area contributed by atoms with Crippen LogP contribution in [0, 0.1) is 6.92 Å². The molecule has 0 heterocycles. The zero-order valence-corrected chi connectivity index (χ0v) is 8.76. The van der Waals surface area contributed by atoms with E-state index in [1.54, 1.807) is 0 Å². The van der Waals surface area contributed by atoms with Gasteiger partial charge >= 0.3 is 0 Å². The third-order valence-electron chi connectivity index (χ3n) is 2.18. The summed E-state index contributed by atoms with van der Waals surface area (Å²) in [6.07, 6.45) is 2.11. The molecule has 0 radical (unpaired) electrons. The van der Waals surface area contributed by atoms with Gasteiger partial charge in [0.1, 0.15) is 5.75 Å². The van der Waals surface area contributed by atoms with Crippen molar-refractivity contribution >= 4 is 0 Å². The first kappa shape index (κ1) is 10.1. The number of aryl methyl sites for hydroxylation is 1. The maximum Gasteiger partial charge on any atom is 0.122 e. The number of hydrogen-bond donors (Lipinski definition) is 0. The summed E-state index contributed by atoms with van der Waals surface area (Å²) >= 11 is 0. The van der Waals surface area contributed by atoms with Gasteiger partial charge in [0.2, 0.25) is 0 Å². The first-order valence-corrected chi connectivity index (χ1v) is 5.00. The second kappa shape index (κ2) is 4.90. The lowest BCUT2D eigenvalue weighted by Crippen LogP contribution is -1.99. The zero-order chi connectivity index (χ0) is 9.68. The van der Waals surface area contributed by atoms with Crippen LogP contribution in [0.15, 0.2) is 18.2 Å². The second-order valence-corrected chi connectivity index (χ2v) is 3.25. The Bertz CT molecular complexity index is 266. The van der Waals surface area contributed by atoms with E-state index in [-0.39, 0.29) is 0 Å². The fourth-order valence-electron chi connectivity index (χ4n) is 1.48. The molecule has 1 aromatic rings. The summed E-state index contributed by atoms with van der Waals surface area (Å²) < 4.78 is 5.66. The van der Waals surface area contributed by atoms with Crippen LogP contribution in [0.5, 0.6) is 5.75 Å². The minimum Gasteiger partial charge on any atom is -0.493 e. The second-order valence-electron chi connectivity index (χ2n) is 3.25. The van der Waals surface area contributed by atoms with Crippen LogP contribution in [0.25, 0.3) is 0 Å². The first-order valence-electron chi connectivity index (χ1n) is 5.00. The Kier molecular flexibility index (Phi) is 3.81. The van der Waals surface area contributed by atoms with Crippen molar-refractivity contribution in [2.75, 3.05) is 6.61 Å². The minimum atomic E-state index is 0.816. The number of rotatable bonds is 4. The lowest BCUT2D eigenvalue weighted by Gasteiger charge is -2.11. The van der Waals surface area contributed by atoms with Crippen molar-refractivity contribution in [2.45, 2.75) is 33.6 Å². The SMILES string of the molecule is CCCOc1cccc(C)c1CC. The van der Waals surface area contributed by atoms with Gasteiger partial charge in [0.15, 0.2) is 0 Å². The topological polar surface area (TPSA) is 9.23 Å². The van der Waals surface area contributed by atoms with Gasteiger partial charge in [-0.3, -0.25) is 0 Å². The fraction of sp³-hybridized carbons (Fsp3) is 0.500. The molecular weight excluding hydrogens is 160 g/mol. The predicted molar refractivity (Wildman–Crippen MR) is 56.3 cm³/mol. The van der Waals surface area contributed by atoms with Crippen molar-refractivity contribution in [3.05, 3.63) is 29.3 Å². The van der Waals surface area contributed by atoms with E-state index >= 15 is 0 Å². The molecule has 0 spiro atoms. The van der Waals surface area contributed by atoms with E-state index < -0.39 is 0 Å². The highest BCUT2D eigenvalue weighted by Gasteiger charge is 2.03. The summed E-state index contributed by atoms with van der Waals surface area (Å²) in [5.41, 5.74) is 2.67. The first-order chi connectivity index (χ1) is 6.29. The van der Waals surface area contributed by atoms with Crippen molar-refractivity contribution in [3.63, 3.8) is 0 Å². The van der Waals surface area contributed by atoms with E-state index in [2.05, 4.69) is 39.0 Å². The van der Waals surface area contributed by atoms with Crippen molar-refractivity contribution in [3.8, 4) is 5.75 Å². The van der Waals surface area contributed by atoms with Gasteiger partial charge in [0.25, 0.3) is 0 Å². The van der Waals surface area contributed by atoms with E-state index in [9.17, 15) is 0 Å². The predicted octanol–water partition coefficient (Wildman–Crippen LogP) is 3.35. The molecule has 0 unspecified atom stereocenters. The third kappa shape index (κ3) is 2.48. The minimum absolute atomic E-state index is 0.816. The maximum atomic E-state index is 5.66. The van der Waals surface area contributed by atoms with Crippen LogP contribution >= 0.6 is 0 Å². The van der Waals surface area contributed by atoms with Gasteiger partial charge in [0.05, 0.1) is 6.61 Å². The van der Waals surface area contributed by atoms with Crippen LogP contribution in [0.2, 0.25) is 0 Å². The molecule has 72 valence electrons. The Morgan fingerprint density at radius 2 is 2.00 bits per heavy atom. The van der Waals surface area contributed by atoms with Crippen molar-refractivity contribution in [1.82, 2.24) is 0 Å². The molecule has 0 fully saturated rings. The van der Waals surface area contributed by atoms with Gasteiger partial charge in [-0.2, -0.15) is 0 Å². The van der Waals surface area contributed by atoms with Crippen molar-refractivity contribution < 1.29 is 4.74 Å². The van der Waals surface area contributed by atoms with Crippen LogP contribution in [0.4, 0.5) is 0 Å². The van der Waals surface area contributed by atoms with Gasteiger partial charge in [-0.15, -0.1) is 0 Å². The molecule has 0 atom stereocenters. The summed E-state index contributed by atoms with van der Waals surface area (Å²) in [5, 5.41) is 0. The summed E-state index contributed by atoms with van der Waals surface area (Å²) in [4.78, 5) is 0. The highest BCUT2D eigenvalue weighted by Crippen LogP contribution is 2.22. The molecule has 0 aliphatic heterocycles. The lowest BCUT2D eigenvalue weighted by atomic mass is 10.1. The zero-order valence-electron chi connectivity index (χ0n) is 8.76. The van der Waals surface area contributed by atoms with Crippen molar-refractivity contribution in [1.29, 1.82) is 0 Å². The number of hydrogen-bond acceptors (Lipinski definition) is 1. The summed E-state index contributed by atoms with van der Waals surface area (Å²) in [5.74, 6) is 1.06. The largest absolute Gasteiger partial charge is 0.493 e. The van der Waals surface area contributed by atoms with E-state index in [0.29, 0.717) is 0 Å². The molecule has 1 nitrogen and oxygen atoms in total. The van der Waals surface area contributed by atoms with E-state index in [1.807, 2.05) is 0 Å². The van der Waals surface area contributed by atoms with Crippen LogP contribution in [0.3, 0.4) is 0 Å². The van der Waals surface area contributed by atoms with Gasteiger partial charge in [-0.25, -0.2) is 0 Å². The monoisotopic (exact) mass is 178 g/mol. The Morgan fingerprint density at radius 3 is 2.62 bits per heavy atom. The quantitative estimate of drug-likeness (QED) is 0.687. The van der Waals surface area contributed by atoms with Gasteiger partial charge < -0.3 is 4.74 Å². The molecule has 0 saturated carbocycles. The Balaban J connectivity index is 2.85. The number of benzene rings is 1. The third-order valence-corrected chi connectivity index (χ3v) is 2.18. The van der Waals surface area contributed by atoms with Crippen LogP contribution in [0.1, 0.15) is 31.4 Å². The van der Waals surface area contributed by atoms with E-state index in [1.165, 1.54) is 11.1 Å². The molecule has 0 aliphatic carbocycles. The van der Waals surface area contributed by atoms with Gasteiger partial charge in [0, 0.05) is 0 Å². The summed E-state index contributed by atoms with van der Waals surface area (Å²) in [6.45, 7) is 7.25. The Labute approximate surface area is 80.7 Å². The highest BCUT2D eigenvalue weighted by molar-refractivity contribution is 5.39. The molecule has 1 rings (SSSR count). The number of ether oxygens (including phenoxy) is 1. The summed E-state index contributed by atoms with van der Waals surface area (Å²) in [7, 11) is 0. The molecule has 0 saturated heterocycles. The molecule has 0 N–H and O–H groups in total. The fourth-order valence-corrected chi connectivity index (χ4v) is 1.48. The van der Waals surface area contributed by atoms with Gasteiger partial charge in [-0.05, 0) is 37.0 Å². The smallest absolute Gasteiger partial charge is 0.122 e. The van der Waals surface area contributed by atoms with E-state index in [0.717, 1.165) is 25.2 Å². The standard InChI is InChI=1S/C12H18O/c1-4-9-13-12-8-6-7-10(3)11(12)5-2/h6-8H,4-5,9H2,1-3H3. The van der Waals surface area contributed by atoms with Crippen LogP contribution in [-0.2, 0) is 6.42 Å². The molecule has 0 aromatic heterocycles. The normalized spacial score (nSPS) is 10.1. The molecular formula is C12H18O.